The predicted molar refractivity (Wildman–Crippen MR) is 121 cm³/mol. The van der Waals surface area contributed by atoms with Crippen LogP contribution in [0.25, 0.3) is 11.1 Å². The van der Waals surface area contributed by atoms with Crippen molar-refractivity contribution in [3.05, 3.63) is 42.5 Å². The standard InChI is InChI=1S/C21H23N3O6S2/c1-28-18-7-3-2-6-16(18)24-32(26,27)15-8-9-19-17(11-15)23-21(30-19)31-13-20(25)22-12-14-5-4-10-29-14/h2-3,6-9,11,14,24H,4-5,10,12-13H2,1H3,(H,22,25)/t14-/m1/s1. The first-order valence-electron chi connectivity index (χ1n) is 10.0. The molecule has 170 valence electrons. The summed E-state index contributed by atoms with van der Waals surface area (Å²) in [5.74, 6) is 0.409. The van der Waals surface area contributed by atoms with E-state index in [0.717, 1.165) is 31.2 Å². The summed E-state index contributed by atoms with van der Waals surface area (Å²) in [5.41, 5.74) is 1.15. The van der Waals surface area contributed by atoms with E-state index in [1.54, 1.807) is 30.3 Å². The molecule has 0 spiro atoms. The van der Waals surface area contributed by atoms with Gasteiger partial charge in [0, 0.05) is 13.2 Å². The number of methoxy groups -OCH3 is 1. The summed E-state index contributed by atoms with van der Waals surface area (Å²) in [7, 11) is -2.40. The van der Waals surface area contributed by atoms with Crippen LogP contribution in [0.4, 0.5) is 5.69 Å². The number of ether oxygens (including phenoxy) is 2. The average molecular weight is 478 g/mol. The number of hydrogen-bond acceptors (Lipinski definition) is 8. The Hall–Kier alpha value is -2.76. The molecule has 0 aliphatic carbocycles. The smallest absolute Gasteiger partial charge is 0.262 e. The average Bonchev–Trinajstić information content (AvgIpc) is 3.45. The maximum atomic E-state index is 12.8. The van der Waals surface area contributed by atoms with Gasteiger partial charge >= 0.3 is 0 Å². The number of rotatable bonds is 9. The molecule has 1 aliphatic heterocycles. The molecule has 1 amide bonds. The zero-order chi connectivity index (χ0) is 22.6. The zero-order valence-corrected chi connectivity index (χ0v) is 19.0. The number of anilines is 1. The lowest BCUT2D eigenvalue weighted by Crippen LogP contribution is -2.32. The van der Waals surface area contributed by atoms with Crippen LogP contribution >= 0.6 is 11.8 Å². The third kappa shape index (κ3) is 5.34. The predicted octanol–water partition coefficient (Wildman–Crippen LogP) is 3.02. The number of para-hydroxylation sites is 2. The van der Waals surface area contributed by atoms with Crippen molar-refractivity contribution in [1.82, 2.24) is 10.3 Å². The summed E-state index contributed by atoms with van der Waals surface area (Å²) in [5, 5.41) is 3.13. The van der Waals surface area contributed by atoms with Crippen molar-refractivity contribution in [3.8, 4) is 5.75 Å². The molecule has 1 aromatic heterocycles. The van der Waals surface area contributed by atoms with Crippen LogP contribution in [0.2, 0.25) is 0 Å². The summed E-state index contributed by atoms with van der Waals surface area (Å²) in [6.45, 7) is 1.23. The largest absolute Gasteiger partial charge is 0.495 e. The van der Waals surface area contributed by atoms with E-state index in [9.17, 15) is 13.2 Å². The third-order valence-corrected chi connectivity index (χ3v) is 7.07. The molecular weight excluding hydrogens is 454 g/mol. The second-order valence-corrected chi connectivity index (χ2v) is 9.75. The Kier molecular flexibility index (Phi) is 6.87. The molecule has 1 atom stereocenters. The number of fused-ring (bicyclic) bond motifs is 1. The maximum absolute atomic E-state index is 12.8. The van der Waals surface area contributed by atoms with Crippen LogP contribution in [-0.4, -0.2) is 51.4 Å². The fourth-order valence-electron chi connectivity index (χ4n) is 3.26. The first kappa shape index (κ1) is 22.4. The number of carbonyl (C=O) groups is 1. The van der Waals surface area contributed by atoms with Gasteiger partial charge in [-0.2, -0.15) is 0 Å². The highest BCUT2D eigenvalue weighted by Crippen LogP contribution is 2.29. The van der Waals surface area contributed by atoms with Crippen LogP contribution in [0.15, 0.2) is 57.0 Å². The minimum absolute atomic E-state index is 0.0371. The van der Waals surface area contributed by atoms with Crippen LogP contribution in [-0.2, 0) is 19.6 Å². The first-order chi connectivity index (χ1) is 15.4. The Labute approximate surface area is 189 Å². The molecule has 9 nitrogen and oxygen atoms in total. The first-order valence-corrected chi connectivity index (χ1v) is 12.5. The normalized spacial score (nSPS) is 16.2. The summed E-state index contributed by atoms with van der Waals surface area (Å²) >= 11 is 1.15. The van der Waals surface area contributed by atoms with Crippen LogP contribution in [0, 0.1) is 0 Å². The van der Waals surface area contributed by atoms with Gasteiger partial charge in [0.15, 0.2) is 5.58 Å². The molecule has 2 N–H and O–H groups in total. The highest BCUT2D eigenvalue weighted by molar-refractivity contribution is 7.99. The van der Waals surface area contributed by atoms with Crippen LogP contribution in [0.5, 0.6) is 5.75 Å². The number of sulfonamides is 1. The van der Waals surface area contributed by atoms with Crippen LogP contribution in [0.3, 0.4) is 0 Å². The number of amides is 1. The molecule has 0 unspecified atom stereocenters. The fourth-order valence-corrected chi connectivity index (χ4v) is 5.02. The Balaban J connectivity index is 1.41. The van der Waals surface area contributed by atoms with Gasteiger partial charge < -0.3 is 19.2 Å². The van der Waals surface area contributed by atoms with E-state index in [2.05, 4.69) is 15.0 Å². The Morgan fingerprint density at radius 1 is 1.28 bits per heavy atom. The van der Waals surface area contributed by atoms with Gasteiger partial charge in [0.2, 0.25) is 5.91 Å². The number of nitrogens with one attached hydrogen (secondary N) is 2. The van der Waals surface area contributed by atoms with E-state index in [1.165, 1.54) is 19.2 Å². The lowest BCUT2D eigenvalue weighted by atomic mass is 10.2. The number of hydrogen-bond donors (Lipinski definition) is 2. The van der Waals surface area contributed by atoms with Crippen molar-refractivity contribution >= 4 is 44.5 Å². The third-order valence-electron chi connectivity index (χ3n) is 4.88. The van der Waals surface area contributed by atoms with Crippen molar-refractivity contribution in [2.75, 3.05) is 30.7 Å². The molecule has 3 aromatic rings. The number of aromatic nitrogens is 1. The van der Waals surface area contributed by atoms with Gasteiger partial charge in [-0.1, -0.05) is 23.9 Å². The molecule has 0 bridgehead atoms. The number of benzene rings is 2. The molecule has 2 heterocycles. The SMILES string of the molecule is COc1ccccc1NS(=O)(=O)c1ccc2oc(SCC(=O)NC[C@H]3CCCO3)nc2c1. The lowest BCUT2D eigenvalue weighted by molar-refractivity contribution is -0.119. The maximum Gasteiger partial charge on any atom is 0.262 e. The highest BCUT2D eigenvalue weighted by Gasteiger charge is 2.19. The quantitative estimate of drug-likeness (QED) is 0.451. The Morgan fingerprint density at radius 3 is 2.91 bits per heavy atom. The zero-order valence-electron chi connectivity index (χ0n) is 17.4. The lowest BCUT2D eigenvalue weighted by Gasteiger charge is -2.11. The number of oxazole rings is 1. The second-order valence-electron chi connectivity index (χ2n) is 7.14. The van der Waals surface area contributed by atoms with Gasteiger partial charge in [-0.25, -0.2) is 13.4 Å². The summed E-state index contributed by atoms with van der Waals surface area (Å²) in [6, 6.07) is 11.2. The van der Waals surface area contributed by atoms with Crippen molar-refractivity contribution in [1.29, 1.82) is 0 Å². The van der Waals surface area contributed by atoms with E-state index in [0.29, 0.717) is 34.3 Å². The molecular formula is C21H23N3O6S2. The minimum Gasteiger partial charge on any atom is -0.495 e. The van der Waals surface area contributed by atoms with E-state index in [1.807, 2.05) is 0 Å². The van der Waals surface area contributed by atoms with Gasteiger partial charge in [-0.15, -0.1) is 0 Å². The number of thioether (sulfide) groups is 1. The van der Waals surface area contributed by atoms with Gasteiger partial charge in [0.05, 0.1) is 29.5 Å². The van der Waals surface area contributed by atoms with Gasteiger partial charge in [-0.05, 0) is 43.2 Å². The van der Waals surface area contributed by atoms with Crippen LogP contribution < -0.4 is 14.8 Å². The number of nitrogens with zero attached hydrogens (tertiary/aromatic N) is 1. The topological polar surface area (TPSA) is 120 Å². The monoisotopic (exact) mass is 477 g/mol. The highest BCUT2D eigenvalue weighted by atomic mass is 32.2. The van der Waals surface area contributed by atoms with Crippen molar-refractivity contribution in [2.45, 2.75) is 29.1 Å². The van der Waals surface area contributed by atoms with E-state index < -0.39 is 10.0 Å². The van der Waals surface area contributed by atoms with Crippen LogP contribution in [0.1, 0.15) is 12.8 Å². The molecule has 0 saturated carbocycles. The molecule has 1 fully saturated rings. The summed E-state index contributed by atoms with van der Waals surface area (Å²) in [4.78, 5) is 16.4. The molecule has 0 radical (unpaired) electrons. The van der Waals surface area contributed by atoms with Crippen molar-refractivity contribution < 1.29 is 27.1 Å². The van der Waals surface area contributed by atoms with Gasteiger partial charge in [0.25, 0.3) is 15.2 Å². The Morgan fingerprint density at radius 2 is 2.12 bits per heavy atom. The van der Waals surface area contributed by atoms with E-state index >= 15 is 0 Å². The molecule has 1 aliphatic rings. The molecule has 1 saturated heterocycles. The Bertz CT molecular complexity index is 1210. The van der Waals surface area contributed by atoms with Crippen molar-refractivity contribution in [3.63, 3.8) is 0 Å². The molecule has 32 heavy (non-hydrogen) atoms. The minimum atomic E-state index is -3.86. The van der Waals surface area contributed by atoms with Gasteiger partial charge in [-0.3, -0.25) is 9.52 Å². The fraction of sp³-hybridized carbons (Fsp3) is 0.333. The van der Waals surface area contributed by atoms with E-state index in [4.69, 9.17) is 13.9 Å². The molecule has 11 heteroatoms. The second kappa shape index (κ2) is 9.80. The van der Waals surface area contributed by atoms with E-state index in [-0.39, 0.29) is 22.7 Å². The van der Waals surface area contributed by atoms with Gasteiger partial charge in [0.1, 0.15) is 11.3 Å². The molecule has 2 aromatic carbocycles. The molecule has 4 rings (SSSR count). The number of carbonyl (C=O) groups excluding carboxylic acids is 1. The summed E-state index contributed by atoms with van der Waals surface area (Å²) in [6.07, 6.45) is 2.05. The summed E-state index contributed by atoms with van der Waals surface area (Å²) < 4.78 is 44.5. The van der Waals surface area contributed by atoms with Crippen molar-refractivity contribution in [2.24, 2.45) is 0 Å².